The molecule has 238 valence electrons. The van der Waals surface area contributed by atoms with Crippen LogP contribution in [-0.2, 0) is 0 Å². The van der Waals surface area contributed by atoms with Gasteiger partial charge in [-0.05, 0) is 82.7 Å². The molecule has 0 aliphatic carbocycles. The normalized spacial score (nSPS) is 20.2. The zero-order valence-corrected chi connectivity index (χ0v) is 25.3. The third kappa shape index (κ3) is 4.19. The largest absolute Gasteiger partial charge is 0.456 e. The first-order valence-electron chi connectivity index (χ1n) is 30.0. The van der Waals surface area contributed by atoms with Crippen molar-refractivity contribution in [2.24, 2.45) is 0 Å². The van der Waals surface area contributed by atoms with Crippen molar-refractivity contribution < 1.29 is 45.5 Å². The second kappa shape index (κ2) is 10.8. The van der Waals surface area contributed by atoms with E-state index in [9.17, 15) is 13.7 Å². The molecule has 0 radical (unpaired) electrons. The van der Waals surface area contributed by atoms with Crippen LogP contribution in [0.1, 0.15) is 41.1 Å². The quantitative estimate of drug-likeness (QED) is 0.181. The lowest BCUT2D eigenvalue weighted by Gasteiger charge is -2.12. The topological polar surface area (TPSA) is 23.0 Å². The lowest BCUT2D eigenvalue weighted by molar-refractivity contribution is 0.668. The summed E-state index contributed by atoms with van der Waals surface area (Å²) in [5.74, 6) is 0. The van der Waals surface area contributed by atoms with E-state index in [1.165, 1.54) is 0 Å². The first kappa shape index (κ1) is 11.6. The third-order valence-electron chi connectivity index (χ3n) is 8.31. The molecule has 3 heteroatoms. The van der Waals surface area contributed by atoms with Crippen LogP contribution in [0.25, 0.3) is 99.2 Å². The lowest BCUT2D eigenvalue weighted by atomic mass is 9.98. The number of hydrogen-bond acceptors (Lipinski definition) is 1. The molecule has 8 aromatic carbocycles. The Morgan fingerprint density at radius 3 is 1.51 bits per heavy atom. The van der Waals surface area contributed by atoms with Crippen molar-refractivity contribution in [3.8, 4) is 33.6 Å². The van der Waals surface area contributed by atoms with Crippen LogP contribution in [0.5, 0.6) is 0 Å². The number of furan rings is 1. The fourth-order valence-corrected chi connectivity index (χ4v) is 6.22. The second-order valence-corrected chi connectivity index (χ2v) is 11.0. The third-order valence-corrected chi connectivity index (χ3v) is 8.31. The number of benzene rings is 8. The lowest BCUT2D eigenvalue weighted by Crippen LogP contribution is -1.95. The zero-order chi connectivity index (χ0) is 59.6. The van der Waals surface area contributed by atoms with Crippen LogP contribution in [0.2, 0.25) is 0 Å². The minimum absolute atomic E-state index is 0.502. The average molecular weight is 681 g/mol. The van der Waals surface area contributed by atoms with Gasteiger partial charge in [-0.15, -0.1) is 0 Å². The molecule has 0 bridgehead atoms. The fourth-order valence-electron chi connectivity index (χ4n) is 6.22. The summed E-state index contributed by atoms with van der Waals surface area (Å²) in [6.07, 6.45) is 0. The van der Waals surface area contributed by atoms with Crippen LogP contribution in [0.4, 0.5) is 0 Å². The van der Waals surface area contributed by atoms with Crippen LogP contribution in [0.15, 0.2) is 186 Å². The molecule has 0 fully saturated rings. The Labute approximate surface area is 336 Å². The van der Waals surface area contributed by atoms with Crippen molar-refractivity contribution >= 4 is 65.6 Å². The molecular weight excluding hydrogens is 621 g/mol. The monoisotopic (exact) mass is 680 g/mol. The summed E-state index contributed by atoms with van der Waals surface area (Å²) in [7, 11) is 0. The minimum Gasteiger partial charge on any atom is -0.456 e. The van der Waals surface area contributed by atoms with E-state index in [0.29, 0.717) is 4.57 Å². The van der Waals surface area contributed by atoms with E-state index in [1.54, 1.807) is 0 Å². The van der Waals surface area contributed by atoms with Crippen LogP contribution in [-0.4, -0.2) is 9.13 Å². The molecule has 0 saturated carbocycles. The molecule has 3 heterocycles. The van der Waals surface area contributed by atoms with Gasteiger partial charge >= 0.3 is 0 Å². The van der Waals surface area contributed by atoms with Gasteiger partial charge in [0.2, 0.25) is 0 Å². The van der Waals surface area contributed by atoms with E-state index in [2.05, 4.69) is 0 Å². The Bertz CT molecular complexity index is 4820. The van der Waals surface area contributed by atoms with E-state index in [-0.39, 0.29) is 0 Å². The number of nitrogens with zero attached hydrogens (tertiary/aromatic N) is 2. The number of hydrogen-bond donors (Lipinski definition) is 0. The van der Waals surface area contributed by atoms with Gasteiger partial charge < -0.3 is 13.6 Å². The highest BCUT2D eigenvalue weighted by Crippen LogP contribution is 2.42. The molecule has 0 spiro atoms. The van der Waals surface area contributed by atoms with Crippen molar-refractivity contribution in [1.29, 1.82) is 0 Å². The summed E-state index contributed by atoms with van der Waals surface area (Å²) >= 11 is 0. The molecule has 3 aromatic heterocycles. The smallest absolute Gasteiger partial charge is 0.138 e. The van der Waals surface area contributed by atoms with Gasteiger partial charge in [-0.3, -0.25) is 0 Å². The maximum Gasteiger partial charge on any atom is 0.138 e. The number of fused-ring (bicyclic) bond motifs is 9. The second-order valence-electron chi connectivity index (χ2n) is 11.0. The fraction of sp³-hybridized carbons (Fsp3) is 0. The SMILES string of the molecule is [2H]c1c([2H])c([2H])c(-c2c([2H])c(-n3c4c([2H])c([2H])c([2H])c([2H])c4c4c([2H])c(-c5c([2H])c([2H])c6c(c5[2H])c5c([2H])c([2H])c([2H])c([2H])c5n6-c5c([2H])c([2H])c([2H])c([2H])c5[2H])c([2H])c([2H])c43)c([2H])c3oc4c([2H])c([2H])c([2H])c([2H])c4c23)c([2H])c1[2H]. The molecule has 0 N–H and O–H groups in total. The first-order valence-corrected chi connectivity index (χ1v) is 15.0. The Morgan fingerprint density at radius 2 is 0.863 bits per heavy atom. The molecular formula is C48H30N2O. The van der Waals surface area contributed by atoms with Gasteiger partial charge in [-0.25, -0.2) is 0 Å². The van der Waals surface area contributed by atoms with Gasteiger partial charge in [0.25, 0.3) is 0 Å². The number of rotatable bonds is 4. The van der Waals surface area contributed by atoms with Gasteiger partial charge in [0, 0.05) is 44.0 Å². The van der Waals surface area contributed by atoms with E-state index in [1.807, 2.05) is 0 Å². The Morgan fingerprint density at radius 1 is 0.353 bits per heavy atom. The predicted molar refractivity (Wildman–Crippen MR) is 213 cm³/mol. The maximum atomic E-state index is 10.0. The number of aromatic nitrogens is 2. The van der Waals surface area contributed by atoms with E-state index < -0.39 is 280 Å². The molecule has 0 aliphatic heterocycles. The first-order chi connectivity index (χ1) is 37.8. The Hall–Kier alpha value is -6.84. The van der Waals surface area contributed by atoms with E-state index in [0.717, 1.165) is 4.57 Å². The maximum absolute atomic E-state index is 10.0. The molecule has 0 atom stereocenters. The van der Waals surface area contributed by atoms with Gasteiger partial charge in [-0.1, -0.05) is 115 Å². The van der Waals surface area contributed by atoms with Gasteiger partial charge in [0.1, 0.15) is 11.2 Å². The van der Waals surface area contributed by atoms with Crippen molar-refractivity contribution in [3.63, 3.8) is 0 Å². The van der Waals surface area contributed by atoms with Crippen LogP contribution in [0.3, 0.4) is 0 Å². The molecule has 0 amide bonds. The summed E-state index contributed by atoms with van der Waals surface area (Å²) in [6, 6.07) is -28.0. The van der Waals surface area contributed by atoms with Crippen molar-refractivity contribution in [3.05, 3.63) is 181 Å². The van der Waals surface area contributed by atoms with Gasteiger partial charge in [0.15, 0.2) is 0 Å². The van der Waals surface area contributed by atoms with E-state index in [4.69, 9.17) is 31.8 Å². The van der Waals surface area contributed by atoms with E-state index >= 15 is 0 Å². The minimum atomic E-state index is -1.10. The summed E-state index contributed by atoms with van der Waals surface area (Å²) in [5.41, 5.74) is -8.88. The highest BCUT2D eigenvalue weighted by molar-refractivity contribution is 6.15. The van der Waals surface area contributed by atoms with Crippen molar-refractivity contribution in [2.75, 3.05) is 0 Å². The standard InChI is InChI=1S/C48H30N2O/c1-3-13-31(14-4-1)39-29-35(30-47-48(39)38-19-9-12-22-46(38)51-47)50-43-21-11-8-18-37(43)41-28-33(24-26-45(41)50)32-23-25-44-40(27-32)36-17-7-10-20-42(36)49(44)34-15-5-2-6-16-34/h1-30H/i1D,2D,3D,4D,5D,6D,7D,8D,9D,10D,11D,12D,13D,14D,15D,16D,17D,18D,19D,20D,21D,22D,23D,24D,25D,26D,27D,28D,29D,30D. The van der Waals surface area contributed by atoms with Gasteiger partial charge in [0.05, 0.1) is 68.9 Å². The summed E-state index contributed by atoms with van der Waals surface area (Å²) in [4.78, 5) is 0. The molecule has 0 unspecified atom stereocenters. The highest BCUT2D eigenvalue weighted by atomic mass is 16.3. The Kier molecular flexibility index (Phi) is 2.47. The van der Waals surface area contributed by atoms with Crippen LogP contribution in [0, 0.1) is 0 Å². The molecule has 3 nitrogen and oxygen atoms in total. The van der Waals surface area contributed by atoms with Crippen molar-refractivity contribution in [1.82, 2.24) is 9.13 Å². The summed E-state index contributed by atoms with van der Waals surface area (Å²) in [5, 5.41) is -3.56. The van der Waals surface area contributed by atoms with Crippen LogP contribution < -0.4 is 0 Å². The van der Waals surface area contributed by atoms with Crippen LogP contribution >= 0.6 is 0 Å². The predicted octanol–water partition coefficient (Wildman–Crippen LogP) is 13.1. The highest BCUT2D eigenvalue weighted by Gasteiger charge is 2.19. The molecule has 51 heavy (non-hydrogen) atoms. The molecule has 0 saturated heterocycles. The molecule has 11 rings (SSSR count). The summed E-state index contributed by atoms with van der Waals surface area (Å²) in [6.45, 7) is 0. The number of para-hydroxylation sites is 4. The average Bonchev–Trinajstić information content (AvgIpc) is 4.25. The van der Waals surface area contributed by atoms with Crippen molar-refractivity contribution in [2.45, 2.75) is 0 Å². The molecule has 0 aliphatic rings. The Balaban J connectivity index is 1.37. The zero-order valence-electron chi connectivity index (χ0n) is 55.3. The summed E-state index contributed by atoms with van der Waals surface area (Å²) < 4.78 is 278. The van der Waals surface area contributed by atoms with Gasteiger partial charge in [-0.2, -0.15) is 0 Å². The molecule has 11 aromatic rings.